The molecule has 0 radical (unpaired) electrons. The van der Waals surface area contributed by atoms with Gasteiger partial charge in [-0.15, -0.1) is 16.9 Å². The summed E-state index contributed by atoms with van der Waals surface area (Å²) in [5.74, 6) is -0.334. The van der Waals surface area contributed by atoms with E-state index < -0.39 is 5.56 Å². The minimum Gasteiger partial charge on any atom is -0.347 e. The van der Waals surface area contributed by atoms with Gasteiger partial charge in [-0.05, 0) is 43.2 Å². The van der Waals surface area contributed by atoms with Gasteiger partial charge in [-0.3, -0.25) is 9.59 Å². The first-order chi connectivity index (χ1) is 13.6. The van der Waals surface area contributed by atoms with Crippen LogP contribution < -0.4 is 15.8 Å². The Kier molecular flexibility index (Phi) is 5.63. The molecule has 1 aromatic carbocycles. The Hall–Kier alpha value is -2.39. The lowest BCUT2D eigenvalue weighted by atomic mass is 10.1. The maximum atomic E-state index is 12.7. The van der Waals surface area contributed by atoms with Crippen LogP contribution in [0.2, 0.25) is 0 Å². The summed E-state index contributed by atoms with van der Waals surface area (Å²) in [6.45, 7) is 2.27. The third kappa shape index (κ3) is 4.05. The van der Waals surface area contributed by atoms with Gasteiger partial charge in [-0.25, -0.2) is 0 Å². The van der Waals surface area contributed by atoms with Crippen molar-refractivity contribution in [3.05, 3.63) is 51.9 Å². The lowest BCUT2D eigenvalue weighted by Crippen LogP contribution is -2.30. The molecule has 9 heteroatoms. The van der Waals surface area contributed by atoms with E-state index in [0.717, 1.165) is 36.6 Å². The number of nitrogens with zero attached hydrogens (tertiary/aromatic N) is 4. The van der Waals surface area contributed by atoms with Gasteiger partial charge in [0.25, 0.3) is 11.5 Å². The summed E-state index contributed by atoms with van der Waals surface area (Å²) in [5.41, 5.74) is 0.787. The maximum Gasteiger partial charge on any atom is 0.274 e. The van der Waals surface area contributed by atoms with Gasteiger partial charge in [0.2, 0.25) is 10.1 Å². The van der Waals surface area contributed by atoms with Crippen molar-refractivity contribution in [2.75, 3.05) is 24.2 Å². The predicted octanol–water partition coefficient (Wildman–Crippen LogP) is 2.79. The van der Waals surface area contributed by atoms with E-state index >= 15 is 0 Å². The van der Waals surface area contributed by atoms with E-state index in [1.165, 1.54) is 33.2 Å². The molecule has 0 bridgehead atoms. The SMILES string of the molecule is CSc1ccc(CNC(=O)c2cc(=O)nc3sc(N4CCCCC4)nn23)cc1. The molecule has 1 saturated heterocycles. The van der Waals surface area contributed by atoms with Crippen LogP contribution in [0.1, 0.15) is 35.3 Å². The molecule has 0 saturated carbocycles. The summed E-state index contributed by atoms with van der Waals surface area (Å²) in [5, 5.41) is 8.26. The molecule has 2 aromatic heterocycles. The minimum absolute atomic E-state index is 0.218. The van der Waals surface area contributed by atoms with Gasteiger partial charge in [-0.2, -0.15) is 9.50 Å². The summed E-state index contributed by atoms with van der Waals surface area (Å²) in [7, 11) is 0. The summed E-state index contributed by atoms with van der Waals surface area (Å²) in [6, 6.07) is 9.26. The fourth-order valence-corrected chi connectivity index (χ4v) is 4.56. The Balaban J connectivity index is 1.56. The average molecular weight is 416 g/mol. The molecular formula is C19H21N5O2S2. The zero-order valence-corrected chi connectivity index (χ0v) is 17.2. The van der Waals surface area contributed by atoms with Gasteiger partial charge < -0.3 is 10.2 Å². The molecule has 1 aliphatic heterocycles. The lowest BCUT2D eigenvalue weighted by molar-refractivity contribution is 0.0943. The van der Waals surface area contributed by atoms with Crippen LogP contribution in [0.25, 0.3) is 4.96 Å². The van der Waals surface area contributed by atoms with Crippen LogP contribution in [0.3, 0.4) is 0 Å². The molecule has 0 unspecified atom stereocenters. The molecule has 1 aliphatic rings. The van der Waals surface area contributed by atoms with Crippen LogP contribution in [-0.2, 0) is 6.54 Å². The van der Waals surface area contributed by atoms with Crippen LogP contribution >= 0.6 is 23.1 Å². The number of piperidine rings is 1. The largest absolute Gasteiger partial charge is 0.347 e. The molecule has 1 amide bonds. The number of hydrogen-bond acceptors (Lipinski definition) is 7. The Morgan fingerprint density at radius 1 is 1.21 bits per heavy atom. The second-order valence-corrected chi connectivity index (χ2v) is 8.45. The Bertz CT molecular complexity index is 1040. The fraction of sp³-hybridized carbons (Fsp3) is 0.368. The number of benzene rings is 1. The standard InChI is InChI=1S/C19H21N5O2S2/c1-27-14-7-5-13(6-8-14)12-20-17(26)15-11-16(25)21-18-24(15)22-19(28-18)23-9-3-2-4-10-23/h5-8,11H,2-4,9-10,12H2,1H3,(H,20,26). The lowest BCUT2D eigenvalue weighted by Gasteiger charge is -2.25. The molecule has 0 spiro atoms. The number of aromatic nitrogens is 3. The van der Waals surface area contributed by atoms with Crippen LogP contribution in [-0.4, -0.2) is 39.9 Å². The van der Waals surface area contributed by atoms with E-state index in [1.807, 2.05) is 30.5 Å². The number of carbonyl (C=O) groups is 1. The van der Waals surface area contributed by atoms with Crippen molar-refractivity contribution >= 4 is 39.1 Å². The van der Waals surface area contributed by atoms with E-state index in [1.54, 1.807) is 11.8 Å². The molecule has 28 heavy (non-hydrogen) atoms. The predicted molar refractivity (Wildman–Crippen MR) is 113 cm³/mol. The van der Waals surface area contributed by atoms with Crippen molar-refractivity contribution < 1.29 is 4.79 Å². The molecule has 4 rings (SSSR count). The van der Waals surface area contributed by atoms with E-state index in [2.05, 4.69) is 20.3 Å². The topological polar surface area (TPSA) is 79.6 Å². The first-order valence-corrected chi connectivity index (χ1v) is 11.3. The van der Waals surface area contributed by atoms with E-state index in [0.29, 0.717) is 11.5 Å². The molecule has 1 fully saturated rings. The molecule has 0 atom stereocenters. The quantitative estimate of drug-likeness (QED) is 0.646. The van der Waals surface area contributed by atoms with Crippen molar-refractivity contribution in [1.82, 2.24) is 19.9 Å². The molecule has 1 N–H and O–H groups in total. The van der Waals surface area contributed by atoms with Crippen molar-refractivity contribution in [2.24, 2.45) is 0 Å². The van der Waals surface area contributed by atoms with Crippen molar-refractivity contribution in [2.45, 2.75) is 30.7 Å². The highest BCUT2D eigenvalue weighted by Crippen LogP contribution is 2.25. The van der Waals surface area contributed by atoms with Crippen molar-refractivity contribution in [3.63, 3.8) is 0 Å². The Morgan fingerprint density at radius 2 is 1.96 bits per heavy atom. The first kappa shape index (κ1) is 18.9. The average Bonchev–Trinajstić information content (AvgIpc) is 3.16. The van der Waals surface area contributed by atoms with Gasteiger partial charge in [0.15, 0.2) is 0 Å². The molecule has 3 aromatic rings. The summed E-state index contributed by atoms with van der Waals surface area (Å²) in [4.78, 5) is 32.6. The first-order valence-electron chi connectivity index (χ1n) is 9.21. The van der Waals surface area contributed by atoms with Gasteiger partial charge in [0, 0.05) is 30.6 Å². The monoisotopic (exact) mass is 415 g/mol. The number of nitrogens with one attached hydrogen (secondary N) is 1. The zero-order chi connectivity index (χ0) is 19.5. The third-order valence-electron chi connectivity index (χ3n) is 4.71. The number of anilines is 1. The summed E-state index contributed by atoms with van der Waals surface area (Å²) < 4.78 is 1.49. The number of fused-ring (bicyclic) bond motifs is 1. The summed E-state index contributed by atoms with van der Waals surface area (Å²) >= 11 is 3.02. The van der Waals surface area contributed by atoms with Crippen LogP contribution in [0, 0.1) is 0 Å². The molecule has 146 valence electrons. The number of rotatable bonds is 5. The Labute approximate surface area is 170 Å². The highest BCUT2D eigenvalue weighted by molar-refractivity contribution is 7.98. The zero-order valence-electron chi connectivity index (χ0n) is 15.6. The second-order valence-electron chi connectivity index (χ2n) is 6.64. The number of amides is 1. The van der Waals surface area contributed by atoms with Crippen LogP contribution in [0.4, 0.5) is 5.13 Å². The maximum absolute atomic E-state index is 12.7. The van der Waals surface area contributed by atoms with Gasteiger partial charge >= 0.3 is 0 Å². The highest BCUT2D eigenvalue weighted by atomic mass is 32.2. The van der Waals surface area contributed by atoms with Crippen LogP contribution in [0.15, 0.2) is 40.0 Å². The van der Waals surface area contributed by atoms with E-state index in [4.69, 9.17) is 0 Å². The molecule has 7 nitrogen and oxygen atoms in total. The van der Waals surface area contributed by atoms with Crippen LogP contribution in [0.5, 0.6) is 0 Å². The molecule has 0 aliphatic carbocycles. The third-order valence-corrected chi connectivity index (χ3v) is 6.43. The molecule has 3 heterocycles. The van der Waals surface area contributed by atoms with Crippen molar-refractivity contribution in [1.29, 1.82) is 0 Å². The smallest absolute Gasteiger partial charge is 0.274 e. The van der Waals surface area contributed by atoms with Gasteiger partial charge in [0.1, 0.15) is 5.69 Å². The molecular weight excluding hydrogens is 394 g/mol. The highest BCUT2D eigenvalue weighted by Gasteiger charge is 2.19. The Morgan fingerprint density at radius 3 is 2.68 bits per heavy atom. The van der Waals surface area contributed by atoms with E-state index in [9.17, 15) is 9.59 Å². The van der Waals surface area contributed by atoms with Crippen molar-refractivity contribution in [3.8, 4) is 0 Å². The number of thioether (sulfide) groups is 1. The fourth-order valence-electron chi connectivity index (χ4n) is 3.20. The van der Waals surface area contributed by atoms with Gasteiger partial charge in [0.05, 0.1) is 0 Å². The van der Waals surface area contributed by atoms with E-state index in [-0.39, 0.29) is 11.6 Å². The normalized spacial score (nSPS) is 14.4. The summed E-state index contributed by atoms with van der Waals surface area (Å²) in [6.07, 6.45) is 5.51. The number of carbonyl (C=O) groups excluding carboxylic acids is 1. The minimum atomic E-state index is -0.427. The second kappa shape index (κ2) is 8.32. The van der Waals surface area contributed by atoms with Gasteiger partial charge in [-0.1, -0.05) is 23.5 Å². The number of hydrogen-bond donors (Lipinski definition) is 1.